The number of carbonyl (C=O) groups is 1. The van der Waals surface area contributed by atoms with Crippen LogP contribution in [0.2, 0.25) is 0 Å². The molecule has 1 heterocycles. The number of benzene rings is 1. The highest BCUT2D eigenvalue weighted by Crippen LogP contribution is 2.34. The van der Waals surface area contributed by atoms with Gasteiger partial charge in [0.15, 0.2) is 0 Å². The number of carbonyl (C=O) groups excluding carboxylic acids is 1. The molecular formula is C13H15NO. The van der Waals surface area contributed by atoms with Crippen molar-refractivity contribution in [3.05, 3.63) is 41.5 Å². The first-order valence-corrected chi connectivity index (χ1v) is 5.21. The minimum absolute atomic E-state index is 0.00361. The van der Waals surface area contributed by atoms with Crippen LogP contribution >= 0.6 is 0 Å². The van der Waals surface area contributed by atoms with Gasteiger partial charge in [0.25, 0.3) is 0 Å². The van der Waals surface area contributed by atoms with Gasteiger partial charge in [-0.15, -0.1) is 0 Å². The molecule has 0 saturated heterocycles. The predicted octanol–water partition coefficient (Wildman–Crippen LogP) is 3.08. The molecule has 1 aromatic rings. The number of para-hydroxylation sites is 1. The van der Waals surface area contributed by atoms with Crippen LogP contribution in [0.15, 0.2) is 35.9 Å². The van der Waals surface area contributed by atoms with E-state index < -0.39 is 0 Å². The third kappa shape index (κ3) is 1.94. The fourth-order valence-electron chi connectivity index (χ4n) is 1.86. The van der Waals surface area contributed by atoms with Crippen LogP contribution in [-0.4, -0.2) is 5.91 Å². The summed E-state index contributed by atoms with van der Waals surface area (Å²) < 4.78 is 0. The molecule has 2 nitrogen and oxygen atoms in total. The van der Waals surface area contributed by atoms with Gasteiger partial charge in [-0.25, -0.2) is 0 Å². The van der Waals surface area contributed by atoms with Crippen LogP contribution in [0, 0.1) is 0 Å². The molecule has 0 radical (unpaired) electrons. The number of allylic oxidation sites excluding steroid dienone is 2. The van der Waals surface area contributed by atoms with Crippen molar-refractivity contribution in [3.63, 3.8) is 0 Å². The van der Waals surface area contributed by atoms with Crippen molar-refractivity contribution in [1.82, 2.24) is 0 Å². The van der Waals surface area contributed by atoms with E-state index in [-0.39, 0.29) is 11.8 Å². The van der Waals surface area contributed by atoms with E-state index in [1.54, 1.807) is 0 Å². The third-order valence-electron chi connectivity index (χ3n) is 2.67. The Bertz CT molecular complexity index is 416. The van der Waals surface area contributed by atoms with Crippen LogP contribution in [0.5, 0.6) is 0 Å². The largest absolute Gasteiger partial charge is 0.325 e. The summed E-state index contributed by atoms with van der Waals surface area (Å²) in [5, 5.41) is 2.90. The van der Waals surface area contributed by atoms with E-state index in [1.807, 2.05) is 24.3 Å². The van der Waals surface area contributed by atoms with E-state index in [0.29, 0.717) is 0 Å². The normalized spacial score (nSPS) is 18.3. The van der Waals surface area contributed by atoms with E-state index in [0.717, 1.165) is 17.7 Å². The Kier molecular flexibility index (Phi) is 2.58. The summed E-state index contributed by atoms with van der Waals surface area (Å²) in [6.07, 6.45) is 2.91. The Morgan fingerprint density at radius 1 is 1.40 bits per heavy atom. The maximum atomic E-state index is 11.7. The molecule has 0 unspecified atom stereocenters. The number of amides is 1. The van der Waals surface area contributed by atoms with Gasteiger partial charge in [-0.05, 0) is 31.9 Å². The van der Waals surface area contributed by atoms with Crippen molar-refractivity contribution < 1.29 is 4.79 Å². The van der Waals surface area contributed by atoms with Gasteiger partial charge in [0.2, 0.25) is 5.91 Å². The lowest BCUT2D eigenvalue weighted by Crippen LogP contribution is -2.11. The fourth-order valence-corrected chi connectivity index (χ4v) is 1.86. The molecule has 2 heteroatoms. The molecule has 1 aliphatic rings. The smallest absolute Gasteiger partial charge is 0.232 e. The maximum absolute atomic E-state index is 11.7. The summed E-state index contributed by atoms with van der Waals surface area (Å²) in [5.41, 5.74) is 3.35. The summed E-state index contributed by atoms with van der Waals surface area (Å²) >= 11 is 0. The van der Waals surface area contributed by atoms with Gasteiger partial charge < -0.3 is 5.32 Å². The van der Waals surface area contributed by atoms with E-state index in [1.165, 1.54) is 5.57 Å². The van der Waals surface area contributed by atoms with Gasteiger partial charge in [0.1, 0.15) is 0 Å². The van der Waals surface area contributed by atoms with Gasteiger partial charge in [-0.3, -0.25) is 4.79 Å². The van der Waals surface area contributed by atoms with Gasteiger partial charge in [-0.2, -0.15) is 0 Å². The summed E-state index contributed by atoms with van der Waals surface area (Å²) in [4.78, 5) is 11.7. The maximum Gasteiger partial charge on any atom is 0.232 e. The molecule has 0 bridgehead atoms. The predicted molar refractivity (Wildman–Crippen MR) is 61.9 cm³/mol. The molecule has 1 aliphatic heterocycles. The van der Waals surface area contributed by atoms with Gasteiger partial charge in [0.05, 0.1) is 5.92 Å². The first kappa shape index (κ1) is 9.97. The minimum Gasteiger partial charge on any atom is -0.325 e. The van der Waals surface area contributed by atoms with Crippen molar-refractivity contribution in [2.24, 2.45) is 0 Å². The van der Waals surface area contributed by atoms with Crippen molar-refractivity contribution in [3.8, 4) is 0 Å². The van der Waals surface area contributed by atoms with Gasteiger partial charge in [0, 0.05) is 5.69 Å². The Balaban J connectivity index is 2.26. The standard InChI is InChI=1S/C13H15NO/c1-9(2)7-8-11-10-5-3-4-6-12(10)14-13(11)15/h3-7,11H,8H2,1-2H3,(H,14,15)/t11-/m1/s1. The number of hydrogen-bond acceptors (Lipinski definition) is 1. The van der Waals surface area contributed by atoms with Crippen LogP contribution in [-0.2, 0) is 4.79 Å². The molecule has 15 heavy (non-hydrogen) atoms. The summed E-state index contributed by atoms with van der Waals surface area (Å²) in [6, 6.07) is 7.91. The van der Waals surface area contributed by atoms with Crippen LogP contribution in [0.1, 0.15) is 31.7 Å². The average molecular weight is 201 g/mol. The molecule has 0 fully saturated rings. The highest BCUT2D eigenvalue weighted by atomic mass is 16.2. The molecule has 1 N–H and O–H groups in total. The monoisotopic (exact) mass is 201 g/mol. The minimum atomic E-state index is -0.00361. The van der Waals surface area contributed by atoms with Crippen LogP contribution in [0.4, 0.5) is 5.69 Å². The molecule has 1 amide bonds. The van der Waals surface area contributed by atoms with E-state index in [2.05, 4.69) is 25.2 Å². The highest BCUT2D eigenvalue weighted by molar-refractivity contribution is 6.02. The van der Waals surface area contributed by atoms with E-state index in [9.17, 15) is 4.79 Å². The SMILES string of the molecule is CC(C)=CC[C@H]1C(=O)Nc2ccccc21. The molecular weight excluding hydrogens is 186 g/mol. The zero-order valence-electron chi connectivity index (χ0n) is 9.08. The number of nitrogens with one attached hydrogen (secondary N) is 1. The van der Waals surface area contributed by atoms with Crippen molar-refractivity contribution in [2.75, 3.05) is 5.32 Å². The number of fused-ring (bicyclic) bond motifs is 1. The molecule has 1 atom stereocenters. The number of hydrogen-bond donors (Lipinski definition) is 1. The lowest BCUT2D eigenvalue weighted by molar-refractivity contribution is -0.116. The third-order valence-corrected chi connectivity index (χ3v) is 2.67. The zero-order valence-corrected chi connectivity index (χ0v) is 9.08. The second-order valence-electron chi connectivity index (χ2n) is 4.15. The van der Waals surface area contributed by atoms with Gasteiger partial charge >= 0.3 is 0 Å². The molecule has 2 rings (SSSR count). The Morgan fingerprint density at radius 2 is 2.13 bits per heavy atom. The molecule has 0 aromatic heterocycles. The van der Waals surface area contributed by atoms with Crippen molar-refractivity contribution in [2.45, 2.75) is 26.2 Å². The Hall–Kier alpha value is -1.57. The average Bonchev–Trinajstić information content (AvgIpc) is 2.50. The van der Waals surface area contributed by atoms with Crippen molar-refractivity contribution in [1.29, 1.82) is 0 Å². The highest BCUT2D eigenvalue weighted by Gasteiger charge is 2.28. The fraction of sp³-hybridized carbons (Fsp3) is 0.308. The molecule has 1 aromatic carbocycles. The van der Waals surface area contributed by atoms with Crippen molar-refractivity contribution >= 4 is 11.6 Å². The quantitative estimate of drug-likeness (QED) is 0.732. The topological polar surface area (TPSA) is 29.1 Å². The second kappa shape index (κ2) is 3.89. The molecule has 0 saturated carbocycles. The number of rotatable bonds is 2. The first-order chi connectivity index (χ1) is 7.18. The molecule has 78 valence electrons. The van der Waals surface area contributed by atoms with Crippen LogP contribution in [0.3, 0.4) is 0 Å². The molecule has 0 aliphatic carbocycles. The summed E-state index contributed by atoms with van der Waals surface area (Å²) in [5.74, 6) is 0.116. The summed E-state index contributed by atoms with van der Waals surface area (Å²) in [6.45, 7) is 4.11. The van der Waals surface area contributed by atoms with E-state index >= 15 is 0 Å². The van der Waals surface area contributed by atoms with Crippen LogP contribution in [0.25, 0.3) is 0 Å². The summed E-state index contributed by atoms with van der Waals surface area (Å²) in [7, 11) is 0. The van der Waals surface area contributed by atoms with Gasteiger partial charge in [-0.1, -0.05) is 29.8 Å². The molecule has 0 spiro atoms. The van der Waals surface area contributed by atoms with Crippen LogP contribution < -0.4 is 5.32 Å². The Labute approximate surface area is 90.0 Å². The first-order valence-electron chi connectivity index (χ1n) is 5.21. The second-order valence-corrected chi connectivity index (χ2v) is 4.15. The Morgan fingerprint density at radius 3 is 2.87 bits per heavy atom. The lowest BCUT2D eigenvalue weighted by atomic mass is 9.96. The number of anilines is 1. The van der Waals surface area contributed by atoms with E-state index in [4.69, 9.17) is 0 Å². The lowest BCUT2D eigenvalue weighted by Gasteiger charge is -2.05. The zero-order chi connectivity index (χ0) is 10.8.